The Kier molecular flexibility index (Phi) is 6.05. The van der Waals surface area contributed by atoms with Crippen LogP contribution in [0.15, 0.2) is 46.2 Å². The fraction of sp³-hybridized carbons (Fsp3) is 0.467. The van der Waals surface area contributed by atoms with E-state index in [1.54, 1.807) is 12.2 Å². The Hall–Kier alpha value is -2.00. The number of hydrogen-bond acceptors (Lipinski definition) is 6. The average Bonchev–Trinajstić information content (AvgIpc) is 2.83. The van der Waals surface area contributed by atoms with Crippen molar-refractivity contribution in [3.63, 3.8) is 0 Å². The van der Waals surface area contributed by atoms with Crippen LogP contribution < -0.4 is 11.2 Å². The van der Waals surface area contributed by atoms with Gasteiger partial charge in [-0.1, -0.05) is 24.3 Å². The number of hydrogen-bond donors (Lipinski definition) is 3. The molecule has 0 amide bonds. The first-order chi connectivity index (χ1) is 11.1. The second-order valence-electron chi connectivity index (χ2n) is 5.01. The van der Waals surface area contributed by atoms with Crippen LogP contribution in [-0.2, 0) is 9.47 Å². The van der Waals surface area contributed by atoms with Crippen molar-refractivity contribution in [3.8, 4) is 0 Å². The number of nitrogens with one attached hydrogen (secondary N) is 1. The quantitative estimate of drug-likeness (QED) is 0.597. The molecule has 4 atom stereocenters. The van der Waals surface area contributed by atoms with Crippen molar-refractivity contribution in [2.24, 2.45) is 0 Å². The molecule has 1 aromatic rings. The Morgan fingerprint density at radius 2 is 2.22 bits per heavy atom. The van der Waals surface area contributed by atoms with Crippen LogP contribution in [0.25, 0.3) is 0 Å². The number of aliphatic hydroxyl groups excluding tert-OH is 2. The second-order valence-corrected chi connectivity index (χ2v) is 5.01. The first-order valence-electron chi connectivity index (χ1n) is 7.23. The van der Waals surface area contributed by atoms with Crippen LogP contribution in [0.2, 0.25) is 0 Å². The number of allylic oxidation sites excluding steroid dienone is 3. The molecule has 1 unspecified atom stereocenters. The van der Waals surface area contributed by atoms with E-state index in [4.69, 9.17) is 9.47 Å². The van der Waals surface area contributed by atoms with Crippen molar-refractivity contribution in [1.29, 1.82) is 0 Å². The fourth-order valence-electron chi connectivity index (χ4n) is 2.31. The topological polar surface area (TPSA) is 114 Å². The van der Waals surface area contributed by atoms with E-state index in [1.807, 2.05) is 19.1 Å². The van der Waals surface area contributed by atoms with Crippen LogP contribution in [0.5, 0.6) is 0 Å². The van der Waals surface area contributed by atoms with Crippen LogP contribution >= 0.6 is 0 Å². The lowest BCUT2D eigenvalue weighted by Gasteiger charge is -2.21. The molecule has 0 bridgehead atoms. The number of rotatable bonds is 6. The lowest BCUT2D eigenvalue weighted by molar-refractivity contribution is -0.0686. The maximum absolute atomic E-state index is 11.9. The van der Waals surface area contributed by atoms with Gasteiger partial charge in [0.25, 0.3) is 5.56 Å². The normalized spacial score (nSPS) is 28.1. The van der Waals surface area contributed by atoms with Gasteiger partial charge in [-0.25, -0.2) is 4.79 Å². The Morgan fingerprint density at radius 3 is 2.87 bits per heavy atom. The Morgan fingerprint density at radius 1 is 1.43 bits per heavy atom. The zero-order chi connectivity index (χ0) is 16.8. The summed E-state index contributed by atoms with van der Waals surface area (Å²) in [6.45, 7) is 1.66. The molecule has 1 aromatic heterocycles. The van der Waals surface area contributed by atoms with E-state index in [1.165, 1.54) is 12.3 Å². The lowest BCUT2D eigenvalue weighted by Crippen LogP contribution is -2.39. The zero-order valence-electron chi connectivity index (χ0n) is 12.7. The molecule has 0 aromatic carbocycles. The third-order valence-electron chi connectivity index (χ3n) is 3.44. The van der Waals surface area contributed by atoms with Crippen LogP contribution in [0.1, 0.15) is 13.2 Å². The van der Waals surface area contributed by atoms with Gasteiger partial charge in [0.2, 0.25) is 0 Å². The largest absolute Gasteiger partial charge is 0.394 e. The second kappa shape index (κ2) is 8.02. The summed E-state index contributed by atoms with van der Waals surface area (Å²) in [6.07, 6.45) is 4.71. The van der Waals surface area contributed by atoms with Gasteiger partial charge in [-0.2, -0.15) is 0 Å². The van der Waals surface area contributed by atoms with E-state index in [2.05, 4.69) is 4.98 Å². The molecule has 126 valence electrons. The maximum atomic E-state index is 11.9. The smallest absolute Gasteiger partial charge is 0.330 e. The number of nitrogens with zero attached hydrogens (tertiary/aromatic N) is 1. The standard InChI is InChI=1S/C15H20N2O6/c1-2-3-4-5-8-22-13-12(20)10(9-18)23-14(13)17-7-6-11(19)16-15(17)21/h2-7,10,12-14,18,20H,8-9H2,1H3,(H,16,19,21)/t10-,12+,13?,14-/m1/s1. The predicted octanol–water partition coefficient (Wildman–Crippen LogP) is -0.695. The summed E-state index contributed by atoms with van der Waals surface area (Å²) in [5.41, 5.74) is -1.21. The molecule has 0 radical (unpaired) electrons. The van der Waals surface area contributed by atoms with Gasteiger partial charge in [-0.3, -0.25) is 14.3 Å². The van der Waals surface area contributed by atoms with E-state index in [9.17, 15) is 19.8 Å². The van der Waals surface area contributed by atoms with Gasteiger partial charge >= 0.3 is 5.69 Å². The predicted molar refractivity (Wildman–Crippen MR) is 82.0 cm³/mol. The molecule has 1 fully saturated rings. The zero-order valence-corrected chi connectivity index (χ0v) is 12.7. The number of ether oxygens (including phenoxy) is 2. The third-order valence-corrected chi connectivity index (χ3v) is 3.44. The minimum Gasteiger partial charge on any atom is -0.394 e. The Balaban J connectivity index is 2.20. The Bertz CT molecular complexity index is 677. The number of H-pyrrole nitrogens is 1. The first-order valence-corrected chi connectivity index (χ1v) is 7.23. The summed E-state index contributed by atoms with van der Waals surface area (Å²) in [4.78, 5) is 25.2. The third kappa shape index (κ3) is 4.05. The monoisotopic (exact) mass is 324 g/mol. The lowest BCUT2D eigenvalue weighted by atomic mass is 10.1. The highest BCUT2D eigenvalue weighted by Crippen LogP contribution is 2.30. The van der Waals surface area contributed by atoms with E-state index in [0.717, 1.165) is 4.57 Å². The molecule has 3 N–H and O–H groups in total. The molecule has 23 heavy (non-hydrogen) atoms. The summed E-state index contributed by atoms with van der Waals surface area (Å²) < 4.78 is 12.2. The molecule has 0 aliphatic carbocycles. The summed E-state index contributed by atoms with van der Waals surface area (Å²) in [5.74, 6) is 0. The first kappa shape index (κ1) is 17.4. The van der Waals surface area contributed by atoms with E-state index >= 15 is 0 Å². The molecule has 8 nitrogen and oxygen atoms in total. The Labute approximate surface area is 132 Å². The van der Waals surface area contributed by atoms with E-state index < -0.39 is 42.4 Å². The molecule has 1 aliphatic rings. The molecule has 1 saturated heterocycles. The van der Waals surface area contributed by atoms with Gasteiger partial charge < -0.3 is 19.7 Å². The average molecular weight is 324 g/mol. The van der Waals surface area contributed by atoms with Gasteiger partial charge in [-0.15, -0.1) is 0 Å². The van der Waals surface area contributed by atoms with Crippen molar-refractivity contribution >= 4 is 0 Å². The molecule has 1 aliphatic heterocycles. The van der Waals surface area contributed by atoms with Crippen molar-refractivity contribution in [2.75, 3.05) is 13.2 Å². The fourth-order valence-corrected chi connectivity index (χ4v) is 2.31. The molecular weight excluding hydrogens is 304 g/mol. The number of aliphatic hydroxyl groups is 2. The van der Waals surface area contributed by atoms with Crippen LogP contribution in [0.3, 0.4) is 0 Å². The van der Waals surface area contributed by atoms with Crippen molar-refractivity contribution in [2.45, 2.75) is 31.5 Å². The van der Waals surface area contributed by atoms with Gasteiger partial charge in [-0.05, 0) is 6.92 Å². The molecule has 0 saturated carbocycles. The number of aromatic amines is 1. The highest BCUT2D eigenvalue weighted by Gasteiger charge is 2.45. The molecule has 2 heterocycles. The summed E-state index contributed by atoms with van der Waals surface area (Å²) >= 11 is 0. The highest BCUT2D eigenvalue weighted by atomic mass is 16.6. The summed E-state index contributed by atoms with van der Waals surface area (Å²) in [7, 11) is 0. The van der Waals surface area contributed by atoms with Gasteiger partial charge in [0.15, 0.2) is 6.23 Å². The van der Waals surface area contributed by atoms with Crippen molar-refractivity contribution in [1.82, 2.24) is 9.55 Å². The molecular formula is C15H20N2O6. The van der Waals surface area contributed by atoms with E-state index in [0.29, 0.717) is 0 Å². The SMILES string of the molecule is CC=CC=CCOC1[C@@H](O)[C@@H](CO)O[C@H]1n1ccc(=O)[nH]c1=O. The van der Waals surface area contributed by atoms with Crippen LogP contribution in [-0.4, -0.2) is 51.3 Å². The highest BCUT2D eigenvalue weighted by molar-refractivity contribution is 5.01. The summed E-state index contributed by atoms with van der Waals surface area (Å²) in [6, 6.07) is 1.17. The molecule has 2 rings (SSSR count). The van der Waals surface area contributed by atoms with Crippen LogP contribution in [0, 0.1) is 0 Å². The van der Waals surface area contributed by atoms with Crippen molar-refractivity contribution in [3.05, 3.63) is 57.4 Å². The summed E-state index contributed by atoms with van der Waals surface area (Å²) in [5, 5.41) is 19.5. The van der Waals surface area contributed by atoms with Crippen molar-refractivity contribution < 1.29 is 19.7 Å². The minimum atomic E-state index is -1.10. The van der Waals surface area contributed by atoms with Gasteiger partial charge in [0, 0.05) is 12.3 Å². The van der Waals surface area contributed by atoms with Gasteiger partial charge in [0.1, 0.15) is 18.3 Å². The van der Waals surface area contributed by atoms with Crippen LogP contribution in [0.4, 0.5) is 0 Å². The van der Waals surface area contributed by atoms with Gasteiger partial charge in [0.05, 0.1) is 13.2 Å². The number of aromatic nitrogens is 2. The molecule has 0 spiro atoms. The van der Waals surface area contributed by atoms with E-state index in [-0.39, 0.29) is 6.61 Å². The molecule has 8 heteroatoms. The maximum Gasteiger partial charge on any atom is 0.330 e. The minimum absolute atomic E-state index is 0.197.